The van der Waals surface area contributed by atoms with Crippen molar-refractivity contribution in [2.45, 2.75) is 26.3 Å². The third-order valence-electron chi connectivity index (χ3n) is 3.80. The summed E-state index contributed by atoms with van der Waals surface area (Å²) in [6.45, 7) is 4.72. The molecule has 1 aliphatic rings. The molecule has 1 aromatic heterocycles. The minimum absolute atomic E-state index is 0.0774. The van der Waals surface area contributed by atoms with Crippen molar-refractivity contribution in [2.24, 2.45) is 0 Å². The Morgan fingerprint density at radius 3 is 2.86 bits per heavy atom. The lowest BCUT2D eigenvalue weighted by Crippen LogP contribution is -2.26. The number of aromatic nitrogens is 1. The fourth-order valence-corrected chi connectivity index (χ4v) is 2.84. The smallest absolute Gasteiger partial charge is 0.252 e. The molecule has 1 unspecified atom stereocenters. The number of amides is 1. The van der Waals surface area contributed by atoms with Crippen LogP contribution in [0.5, 0.6) is 0 Å². The third kappa shape index (κ3) is 2.49. The first-order valence-corrected chi connectivity index (χ1v) is 7.32. The minimum Gasteiger partial charge on any atom is -0.352 e. The molecule has 0 saturated carbocycles. The van der Waals surface area contributed by atoms with Crippen LogP contribution in [0.15, 0.2) is 42.6 Å². The van der Waals surface area contributed by atoms with E-state index in [1.807, 2.05) is 25.1 Å². The SMILES string of the molecule is CCNC(=O)c1ccc(N2c3ccccc3CC2C)nc1. The van der Waals surface area contributed by atoms with E-state index in [1.165, 1.54) is 11.3 Å². The van der Waals surface area contributed by atoms with Crippen molar-refractivity contribution in [2.75, 3.05) is 11.4 Å². The van der Waals surface area contributed by atoms with Gasteiger partial charge in [0.25, 0.3) is 5.91 Å². The molecule has 108 valence electrons. The highest BCUT2D eigenvalue weighted by molar-refractivity contribution is 5.94. The van der Waals surface area contributed by atoms with Gasteiger partial charge in [-0.2, -0.15) is 0 Å². The van der Waals surface area contributed by atoms with Crippen molar-refractivity contribution < 1.29 is 4.79 Å². The number of carbonyl (C=O) groups excluding carboxylic acids is 1. The van der Waals surface area contributed by atoms with Crippen molar-refractivity contribution in [3.8, 4) is 0 Å². The van der Waals surface area contributed by atoms with Crippen LogP contribution >= 0.6 is 0 Å². The summed E-state index contributed by atoms with van der Waals surface area (Å²) in [7, 11) is 0. The number of nitrogens with one attached hydrogen (secondary N) is 1. The second-order valence-electron chi connectivity index (χ2n) is 5.32. The average Bonchev–Trinajstić information content (AvgIpc) is 2.83. The molecule has 2 heterocycles. The summed E-state index contributed by atoms with van der Waals surface area (Å²) in [5.74, 6) is 0.812. The van der Waals surface area contributed by atoms with Crippen LogP contribution in [0, 0.1) is 0 Å². The van der Waals surface area contributed by atoms with E-state index in [0.29, 0.717) is 18.2 Å². The van der Waals surface area contributed by atoms with E-state index < -0.39 is 0 Å². The molecule has 1 aromatic carbocycles. The molecule has 1 amide bonds. The Kier molecular flexibility index (Phi) is 3.60. The molecule has 4 heteroatoms. The monoisotopic (exact) mass is 281 g/mol. The van der Waals surface area contributed by atoms with Crippen LogP contribution in [-0.2, 0) is 6.42 Å². The summed E-state index contributed by atoms with van der Waals surface area (Å²) in [6, 6.07) is 12.5. The lowest BCUT2D eigenvalue weighted by Gasteiger charge is -2.23. The molecule has 0 radical (unpaired) electrons. The van der Waals surface area contributed by atoms with Crippen molar-refractivity contribution in [1.29, 1.82) is 0 Å². The zero-order chi connectivity index (χ0) is 14.8. The van der Waals surface area contributed by atoms with Crippen molar-refractivity contribution in [1.82, 2.24) is 10.3 Å². The second-order valence-corrected chi connectivity index (χ2v) is 5.32. The number of benzene rings is 1. The van der Waals surface area contributed by atoms with Gasteiger partial charge >= 0.3 is 0 Å². The number of para-hydroxylation sites is 1. The largest absolute Gasteiger partial charge is 0.352 e. The van der Waals surface area contributed by atoms with Gasteiger partial charge in [0.05, 0.1) is 5.56 Å². The van der Waals surface area contributed by atoms with E-state index >= 15 is 0 Å². The summed E-state index contributed by atoms with van der Waals surface area (Å²) >= 11 is 0. The molecule has 4 nitrogen and oxygen atoms in total. The number of carbonyl (C=O) groups is 1. The maximum Gasteiger partial charge on any atom is 0.252 e. The molecule has 0 spiro atoms. The Morgan fingerprint density at radius 1 is 1.33 bits per heavy atom. The summed E-state index contributed by atoms with van der Waals surface area (Å²) in [4.78, 5) is 18.5. The van der Waals surface area contributed by atoms with E-state index in [4.69, 9.17) is 0 Å². The highest BCUT2D eigenvalue weighted by Gasteiger charge is 2.27. The number of pyridine rings is 1. The third-order valence-corrected chi connectivity index (χ3v) is 3.80. The Labute approximate surface area is 124 Å². The fourth-order valence-electron chi connectivity index (χ4n) is 2.84. The molecule has 1 atom stereocenters. The maximum atomic E-state index is 11.8. The van der Waals surface area contributed by atoms with Gasteiger partial charge in [-0.3, -0.25) is 4.79 Å². The minimum atomic E-state index is -0.0774. The number of hydrogen-bond acceptors (Lipinski definition) is 3. The van der Waals surface area contributed by atoms with Crippen LogP contribution in [0.4, 0.5) is 11.5 Å². The number of nitrogens with zero attached hydrogens (tertiary/aromatic N) is 2. The van der Waals surface area contributed by atoms with Gasteiger partial charge in [-0.1, -0.05) is 18.2 Å². The van der Waals surface area contributed by atoms with E-state index in [2.05, 4.69) is 40.3 Å². The molecule has 0 bridgehead atoms. The Hall–Kier alpha value is -2.36. The van der Waals surface area contributed by atoms with Crippen molar-refractivity contribution >= 4 is 17.4 Å². The van der Waals surface area contributed by atoms with Gasteiger partial charge in [0.2, 0.25) is 0 Å². The highest BCUT2D eigenvalue weighted by atomic mass is 16.1. The van der Waals surface area contributed by atoms with Gasteiger partial charge in [-0.15, -0.1) is 0 Å². The zero-order valence-electron chi connectivity index (χ0n) is 12.3. The number of hydrogen-bond donors (Lipinski definition) is 1. The van der Waals surface area contributed by atoms with Crippen LogP contribution in [0.3, 0.4) is 0 Å². The van der Waals surface area contributed by atoms with Crippen LogP contribution in [0.25, 0.3) is 0 Å². The first kappa shape index (κ1) is 13.6. The van der Waals surface area contributed by atoms with Crippen LogP contribution in [-0.4, -0.2) is 23.5 Å². The molecule has 21 heavy (non-hydrogen) atoms. The second kappa shape index (κ2) is 5.56. The highest BCUT2D eigenvalue weighted by Crippen LogP contribution is 2.36. The lowest BCUT2D eigenvalue weighted by molar-refractivity contribution is 0.0955. The van der Waals surface area contributed by atoms with Crippen LogP contribution < -0.4 is 10.2 Å². The summed E-state index contributed by atoms with van der Waals surface area (Å²) in [6.07, 6.45) is 2.67. The predicted molar refractivity (Wildman–Crippen MR) is 84.0 cm³/mol. The first-order valence-electron chi connectivity index (χ1n) is 7.32. The van der Waals surface area contributed by atoms with Gasteiger partial charge in [0, 0.05) is 24.5 Å². The Bertz CT molecular complexity index is 651. The molecular weight excluding hydrogens is 262 g/mol. The molecule has 2 aromatic rings. The summed E-state index contributed by atoms with van der Waals surface area (Å²) in [5, 5.41) is 2.78. The number of fused-ring (bicyclic) bond motifs is 1. The van der Waals surface area contributed by atoms with Gasteiger partial charge in [0.15, 0.2) is 0 Å². The van der Waals surface area contributed by atoms with Gasteiger partial charge in [-0.25, -0.2) is 4.98 Å². The van der Waals surface area contributed by atoms with Gasteiger partial charge in [0.1, 0.15) is 5.82 Å². The summed E-state index contributed by atoms with van der Waals surface area (Å²) < 4.78 is 0. The normalized spacial score (nSPS) is 16.7. The zero-order valence-corrected chi connectivity index (χ0v) is 12.3. The van der Waals surface area contributed by atoms with Gasteiger partial charge < -0.3 is 10.2 Å². The summed E-state index contributed by atoms with van der Waals surface area (Å²) in [5.41, 5.74) is 3.16. The molecule has 1 aliphatic heterocycles. The number of anilines is 2. The molecule has 1 N–H and O–H groups in total. The predicted octanol–water partition coefficient (Wildman–Crippen LogP) is 2.91. The fraction of sp³-hybridized carbons (Fsp3) is 0.294. The molecule has 0 aliphatic carbocycles. The standard InChI is InChI=1S/C17H19N3O/c1-3-18-17(21)14-8-9-16(19-11-14)20-12(2)10-13-6-4-5-7-15(13)20/h4-9,11-12H,3,10H2,1-2H3,(H,18,21). The van der Waals surface area contributed by atoms with Crippen molar-refractivity contribution in [3.05, 3.63) is 53.7 Å². The van der Waals surface area contributed by atoms with Gasteiger partial charge in [-0.05, 0) is 44.0 Å². The average molecular weight is 281 g/mol. The molecular formula is C17H19N3O. The number of rotatable bonds is 3. The van der Waals surface area contributed by atoms with E-state index in [9.17, 15) is 4.79 Å². The Balaban J connectivity index is 1.89. The van der Waals surface area contributed by atoms with Crippen molar-refractivity contribution in [3.63, 3.8) is 0 Å². The topological polar surface area (TPSA) is 45.2 Å². The van der Waals surface area contributed by atoms with E-state index in [-0.39, 0.29) is 5.91 Å². The first-order chi connectivity index (χ1) is 10.2. The van der Waals surface area contributed by atoms with Crippen LogP contribution in [0.2, 0.25) is 0 Å². The molecule has 0 fully saturated rings. The molecule has 0 saturated heterocycles. The van der Waals surface area contributed by atoms with E-state index in [0.717, 1.165) is 12.2 Å². The maximum absolute atomic E-state index is 11.8. The molecule has 3 rings (SSSR count). The van der Waals surface area contributed by atoms with E-state index in [1.54, 1.807) is 6.20 Å². The lowest BCUT2D eigenvalue weighted by atomic mass is 10.1. The quantitative estimate of drug-likeness (QED) is 0.941. The Morgan fingerprint density at radius 2 is 2.14 bits per heavy atom. The van der Waals surface area contributed by atoms with Crippen LogP contribution in [0.1, 0.15) is 29.8 Å².